The molecule has 1 saturated heterocycles. The summed E-state index contributed by atoms with van der Waals surface area (Å²) in [7, 11) is 0. The average Bonchev–Trinajstić information content (AvgIpc) is 2.81. The van der Waals surface area contributed by atoms with E-state index in [-0.39, 0.29) is 11.3 Å². The number of nitrogens with zero attached hydrogens (tertiary/aromatic N) is 1. The van der Waals surface area contributed by atoms with Crippen LogP contribution in [0, 0.1) is 20.8 Å². The van der Waals surface area contributed by atoms with Crippen LogP contribution in [-0.2, 0) is 9.59 Å². The van der Waals surface area contributed by atoms with Gasteiger partial charge in [-0.05, 0) is 62.2 Å². The number of amides is 2. The lowest BCUT2D eigenvalue weighted by Gasteiger charge is -2.16. The fraction of sp³-hybridized carbons (Fsp3) is 0.158. The molecule has 2 aromatic carbocycles. The highest BCUT2D eigenvalue weighted by molar-refractivity contribution is 6.31. The number of hydrogen-bond acceptors (Lipinski definition) is 3. The summed E-state index contributed by atoms with van der Waals surface area (Å²) in [5.74, 6) is -0.901. The highest BCUT2D eigenvalue weighted by Gasteiger charge is 2.34. The Kier molecular flexibility index (Phi) is 3.85. The van der Waals surface area contributed by atoms with E-state index in [9.17, 15) is 14.7 Å². The maximum atomic E-state index is 12.6. The first-order chi connectivity index (χ1) is 11.4. The monoisotopic (exact) mass is 322 g/mol. The first-order valence-corrected chi connectivity index (χ1v) is 7.61. The molecule has 0 aliphatic carbocycles. The lowest BCUT2D eigenvalue weighted by molar-refractivity contribution is -0.117. The van der Waals surface area contributed by atoms with Gasteiger partial charge in [-0.2, -0.15) is 0 Å². The standard InChI is InChI=1S/C19H18N2O3/c1-11-4-7-17(22)14(8-11)10-16-18(23)20-21(19(16)24)15-6-5-12(2)13(3)9-15/h4-10,22H,1-3H3,(H,20,23)/b16-10-. The molecule has 24 heavy (non-hydrogen) atoms. The Bertz CT molecular complexity index is 884. The van der Waals surface area contributed by atoms with E-state index in [0.29, 0.717) is 11.3 Å². The van der Waals surface area contributed by atoms with Crippen molar-refractivity contribution in [1.29, 1.82) is 0 Å². The average molecular weight is 322 g/mol. The van der Waals surface area contributed by atoms with E-state index < -0.39 is 11.8 Å². The second-order valence-electron chi connectivity index (χ2n) is 5.97. The third kappa shape index (κ3) is 2.76. The number of hydrazine groups is 1. The normalized spacial score (nSPS) is 16.0. The molecular weight excluding hydrogens is 304 g/mol. The van der Waals surface area contributed by atoms with Gasteiger partial charge in [0.15, 0.2) is 0 Å². The van der Waals surface area contributed by atoms with Crippen LogP contribution in [-0.4, -0.2) is 16.9 Å². The van der Waals surface area contributed by atoms with Crippen LogP contribution in [0.15, 0.2) is 42.0 Å². The van der Waals surface area contributed by atoms with Crippen molar-refractivity contribution in [1.82, 2.24) is 5.43 Å². The zero-order chi connectivity index (χ0) is 17.4. The molecule has 1 aliphatic rings. The van der Waals surface area contributed by atoms with Crippen molar-refractivity contribution in [3.05, 3.63) is 64.2 Å². The van der Waals surface area contributed by atoms with Crippen molar-refractivity contribution in [3.8, 4) is 5.75 Å². The van der Waals surface area contributed by atoms with E-state index in [4.69, 9.17) is 0 Å². The number of aromatic hydroxyl groups is 1. The number of rotatable bonds is 2. The van der Waals surface area contributed by atoms with Gasteiger partial charge in [0.25, 0.3) is 11.8 Å². The molecule has 2 N–H and O–H groups in total. The summed E-state index contributed by atoms with van der Waals surface area (Å²) >= 11 is 0. The largest absolute Gasteiger partial charge is 0.507 e. The second kappa shape index (κ2) is 5.85. The van der Waals surface area contributed by atoms with Gasteiger partial charge in [-0.1, -0.05) is 17.7 Å². The molecular formula is C19H18N2O3. The Hall–Kier alpha value is -3.08. The number of carbonyl (C=O) groups is 2. The molecule has 1 heterocycles. The van der Waals surface area contributed by atoms with Crippen LogP contribution in [0.3, 0.4) is 0 Å². The Morgan fingerprint density at radius 1 is 1.00 bits per heavy atom. The molecule has 1 aliphatic heterocycles. The number of aryl methyl sites for hydroxylation is 3. The highest BCUT2D eigenvalue weighted by Crippen LogP contribution is 2.26. The molecule has 1 fully saturated rings. The molecule has 0 atom stereocenters. The molecule has 5 heteroatoms. The van der Waals surface area contributed by atoms with Gasteiger partial charge < -0.3 is 5.11 Å². The van der Waals surface area contributed by atoms with Gasteiger partial charge in [-0.3, -0.25) is 15.0 Å². The summed E-state index contributed by atoms with van der Waals surface area (Å²) in [6.07, 6.45) is 1.42. The molecule has 0 unspecified atom stereocenters. The summed E-state index contributed by atoms with van der Waals surface area (Å²) in [4.78, 5) is 24.8. The summed E-state index contributed by atoms with van der Waals surface area (Å²) < 4.78 is 0. The van der Waals surface area contributed by atoms with Gasteiger partial charge in [-0.25, -0.2) is 5.01 Å². The number of anilines is 1. The van der Waals surface area contributed by atoms with Gasteiger partial charge >= 0.3 is 0 Å². The third-order valence-corrected chi connectivity index (χ3v) is 4.12. The van der Waals surface area contributed by atoms with Crippen LogP contribution >= 0.6 is 0 Å². The van der Waals surface area contributed by atoms with E-state index in [1.165, 1.54) is 11.1 Å². The van der Waals surface area contributed by atoms with Gasteiger partial charge in [0.2, 0.25) is 0 Å². The lowest BCUT2D eigenvalue weighted by Crippen LogP contribution is -2.35. The quantitative estimate of drug-likeness (QED) is 0.660. The number of hydrogen-bond donors (Lipinski definition) is 2. The van der Waals surface area contributed by atoms with Crippen molar-refractivity contribution in [2.75, 3.05) is 5.01 Å². The lowest BCUT2D eigenvalue weighted by atomic mass is 10.1. The number of phenolic OH excluding ortho intramolecular Hbond substituents is 1. The molecule has 0 saturated carbocycles. The molecule has 0 radical (unpaired) electrons. The Labute approximate surface area is 140 Å². The molecule has 122 valence electrons. The van der Waals surface area contributed by atoms with Crippen LogP contribution in [0.25, 0.3) is 6.08 Å². The zero-order valence-corrected chi connectivity index (χ0v) is 13.8. The van der Waals surface area contributed by atoms with Gasteiger partial charge in [0, 0.05) is 5.56 Å². The molecule has 5 nitrogen and oxygen atoms in total. The van der Waals surface area contributed by atoms with Crippen LogP contribution in [0.1, 0.15) is 22.3 Å². The Balaban J connectivity index is 1.98. The van der Waals surface area contributed by atoms with Crippen molar-refractivity contribution in [2.24, 2.45) is 0 Å². The topological polar surface area (TPSA) is 69.6 Å². The molecule has 0 bridgehead atoms. The van der Waals surface area contributed by atoms with E-state index in [0.717, 1.165) is 16.7 Å². The number of nitrogens with one attached hydrogen (secondary N) is 1. The maximum Gasteiger partial charge on any atom is 0.282 e. The predicted octanol–water partition coefficient (Wildman–Crippen LogP) is 2.78. The summed E-state index contributed by atoms with van der Waals surface area (Å²) in [5, 5.41) is 11.1. The fourth-order valence-electron chi connectivity index (χ4n) is 2.55. The first kappa shape index (κ1) is 15.8. The minimum atomic E-state index is -0.487. The van der Waals surface area contributed by atoms with E-state index in [2.05, 4.69) is 5.43 Å². The molecule has 0 spiro atoms. The van der Waals surface area contributed by atoms with Crippen molar-refractivity contribution in [3.63, 3.8) is 0 Å². The van der Waals surface area contributed by atoms with Gasteiger partial charge in [0.05, 0.1) is 5.69 Å². The van der Waals surface area contributed by atoms with Crippen molar-refractivity contribution >= 4 is 23.6 Å². The number of phenols is 1. The van der Waals surface area contributed by atoms with Crippen LogP contribution < -0.4 is 10.4 Å². The molecule has 0 aromatic heterocycles. The first-order valence-electron chi connectivity index (χ1n) is 7.61. The van der Waals surface area contributed by atoms with Crippen LogP contribution in [0.2, 0.25) is 0 Å². The second-order valence-corrected chi connectivity index (χ2v) is 5.97. The fourth-order valence-corrected chi connectivity index (χ4v) is 2.55. The Morgan fingerprint density at radius 2 is 1.75 bits per heavy atom. The van der Waals surface area contributed by atoms with Crippen LogP contribution in [0.4, 0.5) is 5.69 Å². The molecule has 2 aromatic rings. The Morgan fingerprint density at radius 3 is 2.46 bits per heavy atom. The van der Waals surface area contributed by atoms with E-state index in [1.54, 1.807) is 24.3 Å². The summed E-state index contributed by atoms with van der Waals surface area (Å²) in [6, 6.07) is 10.6. The highest BCUT2D eigenvalue weighted by atomic mass is 16.3. The van der Waals surface area contributed by atoms with Gasteiger partial charge in [0.1, 0.15) is 11.3 Å². The van der Waals surface area contributed by atoms with Crippen molar-refractivity contribution < 1.29 is 14.7 Å². The molecule has 2 amide bonds. The predicted molar refractivity (Wildman–Crippen MR) is 92.4 cm³/mol. The smallest absolute Gasteiger partial charge is 0.282 e. The minimum absolute atomic E-state index is 0.00544. The summed E-state index contributed by atoms with van der Waals surface area (Å²) in [6.45, 7) is 5.80. The minimum Gasteiger partial charge on any atom is -0.507 e. The summed E-state index contributed by atoms with van der Waals surface area (Å²) in [5.41, 5.74) is 6.67. The maximum absolute atomic E-state index is 12.6. The zero-order valence-electron chi connectivity index (χ0n) is 13.8. The number of carbonyl (C=O) groups excluding carboxylic acids is 2. The number of benzene rings is 2. The molecule has 3 rings (SSSR count). The van der Waals surface area contributed by atoms with E-state index >= 15 is 0 Å². The SMILES string of the molecule is Cc1ccc(O)c(/C=C2/C(=O)NN(c3ccc(C)c(C)c3)C2=O)c1. The van der Waals surface area contributed by atoms with Crippen LogP contribution in [0.5, 0.6) is 5.75 Å². The van der Waals surface area contributed by atoms with Crippen molar-refractivity contribution in [2.45, 2.75) is 20.8 Å². The van der Waals surface area contributed by atoms with Gasteiger partial charge in [-0.15, -0.1) is 0 Å². The van der Waals surface area contributed by atoms with E-state index in [1.807, 2.05) is 32.9 Å². The third-order valence-electron chi connectivity index (χ3n) is 4.12.